The summed E-state index contributed by atoms with van der Waals surface area (Å²) >= 11 is 3.14. The predicted octanol–water partition coefficient (Wildman–Crippen LogP) is 2.73. The fourth-order valence-electron chi connectivity index (χ4n) is 1.51. The molecule has 1 atom stereocenters. The Balaban J connectivity index is 2.41. The van der Waals surface area contributed by atoms with Gasteiger partial charge in [0, 0.05) is 17.6 Å². The highest BCUT2D eigenvalue weighted by atomic mass is 79.9. The number of carbonyl (C=O) groups is 1. The van der Waals surface area contributed by atoms with Gasteiger partial charge in [0.05, 0.1) is 5.56 Å². The minimum Gasteiger partial charge on any atom is -0.396 e. The predicted molar refractivity (Wildman–Crippen MR) is 71.9 cm³/mol. The summed E-state index contributed by atoms with van der Waals surface area (Å²) in [6.07, 6.45) is 1.60. The Morgan fingerprint density at radius 1 is 1.56 bits per heavy atom. The zero-order valence-corrected chi connectivity index (χ0v) is 11.8. The lowest BCUT2D eigenvalue weighted by atomic mass is 10.1. The van der Waals surface area contributed by atoms with Gasteiger partial charge in [-0.25, -0.2) is 4.39 Å². The van der Waals surface area contributed by atoms with Gasteiger partial charge in [0.15, 0.2) is 0 Å². The molecule has 0 radical (unpaired) electrons. The molecule has 2 N–H and O–H groups in total. The summed E-state index contributed by atoms with van der Waals surface area (Å²) in [5.41, 5.74) is 0.0495. The zero-order chi connectivity index (χ0) is 13.5. The van der Waals surface area contributed by atoms with E-state index >= 15 is 0 Å². The van der Waals surface area contributed by atoms with Crippen molar-refractivity contribution >= 4 is 21.8 Å². The van der Waals surface area contributed by atoms with E-state index in [1.165, 1.54) is 12.1 Å². The summed E-state index contributed by atoms with van der Waals surface area (Å²) in [5.74, 6) is -0.714. The maximum Gasteiger partial charge on any atom is 0.254 e. The lowest BCUT2D eigenvalue weighted by Gasteiger charge is -2.09. The molecule has 0 saturated carbocycles. The molecule has 1 unspecified atom stereocenters. The summed E-state index contributed by atoms with van der Waals surface area (Å²) in [5, 5.41) is 11.5. The molecule has 0 fully saturated rings. The van der Waals surface area contributed by atoms with Crippen LogP contribution in [0.2, 0.25) is 0 Å². The van der Waals surface area contributed by atoms with Crippen molar-refractivity contribution in [2.75, 3.05) is 13.2 Å². The summed E-state index contributed by atoms with van der Waals surface area (Å²) in [7, 11) is 0. The largest absolute Gasteiger partial charge is 0.396 e. The topological polar surface area (TPSA) is 49.3 Å². The smallest absolute Gasteiger partial charge is 0.254 e. The lowest BCUT2D eigenvalue weighted by Crippen LogP contribution is -2.25. The molecule has 100 valence electrons. The molecule has 5 heteroatoms. The fraction of sp³-hybridized carbons (Fsp3) is 0.462. The molecule has 1 aromatic rings. The van der Waals surface area contributed by atoms with Crippen molar-refractivity contribution in [1.82, 2.24) is 5.32 Å². The van der Waals surface area contributed by atoms with Crippen LogP contribution in [0.1, 0.15) is 30.1 Å². The average Bonchev–Trinajstić information content (AvgIpc) is 2.34. The second-order valence-corrected chi connectivity index (χ2v) is 5.23. The first-order valence-corrected chi connectivity index (χ1v) is 6.68. The number of benzene rings is 1. The van der Waals surface area contributed by atoms with E-state index in [-0.39, 0.29) is 18.1 Å². The van der Waals surface area contributed by atoms with Crippen LogP contribution in [0.5, 0.6) is 0 Å². The quantitative estimate of drug-likeness (QED) is 0.793. The van der Waals surface area contributed by atoms with Gasteiger partial charge in [-0.1, -0.05) is 22.9 Å². The molecule has 0 aromatic heterocycles. The van der Waals surface area contributed by atoms with Crippen molar-refractivity contribution in [2.24, 2.45) is 5.92 Å². The van der Waals surface area contributed by atoms with Crippen molar-refractivity contribution in [1.29, 1.82) is 0 Å². The van der Waals surface area contributed by atoms with E-state index in [0.717, 1.165) is 12.8 Å². The Morgan fingerprint density at radius 3 is 2.89 bits per heavy atom. The van der Waals surface area contributed by atoms with Crippen molar-refractivity contribution in [3.05, 3.63) is 34.1 Å². The third kappa shape index (κ3) is 4.74. The first kappa shape index (κ1) is 15.1. The van der Waals surface area contributed by atoms with E-state index in [4.69, 9.17) is 5.11 Å². The number of halogens is 2. The van der Waals surface area contributed by atoms with Crippen LogP contribution in [0, 0.1) is 11.7 Å². The molecule has 0 aliphatic carbocycles. The van der Waals surface area contributed by atoms with Crippen molar-refractivity contribution in [3.63, 3.8) is 0 Å². The zero-order valence-electron chi connectivity index (χ0n) is 10.2. The first-order valence-electron chi connectivity index (χ1n) is 5.88. The first-order chi connectivity index (χ1) is 8.54. The highest BCUT2D eigenvalue weighted by molar-refractivity contribution is 9.10. The van der Waals surface area contributed by atoms with Gasteiger partial charge in [-0.2, -0.15) is 0 Å². The highest BCUT2D eigenvalue weighted by Crippen LogP contribution is 2.15. The van der Waals surface area contributed by atoms with E-state index in [0.29, 0.717) is 11.0 Å². The molecule has 0 aliphatic rings. The molecule has 0 bridgehead atoms. The second-order valence-electron chi connectivity index (χ2n) is 4.31. The molecule has 0 aliphatic heterocycles. The van der Waals surface area contributed by atoms with Crippen molar-refractivity contribution in [3.8, 4) is 0 Å². The highest BCUT2D eigenvalue weighted by Gasteiger charge is 2.11. The molecule has 3 nitrogen and oxygen atoms in total. The van der Waals surface area contributed by atoms with Crippen LogP contribution in [0.15, 0.2) is 22.7 Å². The summed E-state index contributed by atoms with van der Waals surface area (Å²) in [4.78, 5) is 11.7. The minimum atomic E-state index is -0.536. The van der Waals surface area contributed by atoms with Crippen molar-refractivity contribution < 1.29 is 14.3 Å². The van der Waals surface area contributed by atoms with Crippen LogP contribution < -0.4 is 5.32 Å². The number of nitrogens with one attached hydrogen (secondary N) is 1. The van der Waals surface area contributed by atoms with Crippen molar-refractivity contribution in [2.45, 2.75) is 19.8 Å². The van der Waals surface area contributed by atoms with E-state index in [2.05, 4.69) is 21.2 Å². The Bertz CT molecular complexity index is 412. The number of amides is 1. The molecular weight excluding hydrogens is 301 g/mol. The average molecular weight is 318 g/mol. The second kappa shape index (κ2) is 7.48. The Hall–Kier alpha value is -0.940. The number of aliphatic hydroxyl groups is 1. The van der Waals surface area contributed by atoms with E-state index in [1.807, 2.05) is 6.92 Å². The van der Waals surface area contributed by atoms with Gasteiger partial charge in [-0.15, -0.1) is 0 Å². The molecule has 18 heavy (non-hydrogen) atoms. The number of hydrogen-bond donors (Lipinski definition) is 2. The Morgan fingerprint density at radius 2 is 2.28 bits per heavy atom. The third-order valence-corrected chi connectivity index (χ3v) is 3.14. The molecule has 0 spiro atoms. The summed E-state index contributed by atoms with van der Waals surface area (Å²) < 4.78 is 14.1. The van der Waals surface area contributed by atoms with Gasteiger partial charge in [-0.05, 0) is 37.0 Å². The molecule has 1 rings (SSSR count). The fourth-order valence-corrected chi connectivity index (χ4v) is 1.85. The van der Waals surface area contributed by atoms with E-state index in [9.17, 15) is 9.18 Å². The van der Waals surface area contributed by atoms with Crippen LogP contribution >= 0.6 is 15.9 Å². The third-order valence-electron chi connectivity index (χ3n) is 2.65. The van der Waals surface area contributed by atoms with Crippen LogP contribution in [0.3, 0.4) is 0 Å². The molecular formula is C13H17BrFNO2. The standard InChI is InChI=1S/C13H17BrFNO2/c1-9(8-17)3-2-6-16-13(18)11-5-4-10(14)7-12(11)15/h4-5,7,9,17H,2-3,6,8H2,1H3,(H,16,18). The monoisotopic (exact) mass is 317 g/mol. The van der Waals surface area contributed by atoms with Crippen LogP contribution in [-0.4, -0.2) is 24.2 Å². The van der Waals surface area contributed by atoms with E-state index in [1.54, 1.807) is 6.07 Å². The minimum absolute atomic E-state index is 0.0495. The normalized spacial score (nSPS) is 12.2. The van der Waals surface area contributed by atoms with Crippen LogP contribution in [0.25, 0.3) is 0 Å². The van der Waals surface area contributed by atoms with Gasteiger partial charge in [0.1, 0.15) is 5.82 Å². The van der Waals surface area contributed by atoms with Gasteiger partial charge in [0.2, 0.25) is 0 Å². The SMILES string of the molecule is CC(CO)CCCNC(=O)c1ccc(Br)cc1F. The van der Waals surface area contributed by atoms with Gasteiger partial charge >= 0.3 is 0 Å². The number of hydrogen-bond acceptors (Lipinski definition) is 2. The Labute approximate surface area is 115 Å². The van der Waals surface area contributed by atoms with Gasteiger partial charge in [-0.3, -0.25) is 4.79 Å². The summed E-state index contributed by atoms with van der Waals surface area (Å²) in [6, 6.07) is 4.35. The Kier molecular flexibility index (Phi) is 6.29. The van der Waals surface area contributed by atoms with E-state index < -0.39 is 11.7 Å². The molecule has 1 amide bonds. The molecule has 0 heterocycles. The molecule has 1 aromatic carbocycles. The number of rotatable bonds is 6. The number of aliphatic hydroxyl groups excluding tert-OH is 1. The van der Waals surface area contributed by atoms with Gasteiger partial charge < -0.3 is 10.4 Å². The number of carbonyl (C=O) groups excluding carboxylic acids is 1. The molecule has 0 saturated heterocycles. The van der Waals surface area contributed by atoms with Gasteiger partial charge in [0.25, 0.3) is 5.91 Å². The maximum atomic E-state index is 13.5. The van der Waals surface area contributed by atoms with Crippen LogP contribution in [0.4, 0.5) is 4.39 Å². The lowest BCUT2D eigenvalue weighted by molar-refractivity contribution is 0.0948. The van der Waals surface area contributed by atoms with Crippen LogP contribution in [-0.2, 0) is 0 Å². The maximum absolute atomic E-state index is 13.5. The summed E-state index contributed by atoms with van der Waals surface area (Å²) in [6.45, 7) is 2.57.